The fourth-order valence-electron chi connectivity index (χ4n) is 2.07. The zero-order valence-corrected chi connectivity index (χ0v) is 10.4. The number of halogens is 2. The second kappa shape index (κ2) is 3.11. The van der Waals surface area contributed by atoms with E-state index in [0.29, 0.717) is 0 Å². The smallest absolute Gasteiger partial charge is 0.134 e. The molecule has 0 bridgehead atoms. The molecule has 0 nitrogen and oxygen atoms in total. The van der Waals surface area contributed by atoms with Gasteiger partial charge in [0.2, 0.25) is 0 Å². The van der Waals surface area contributed by atoms with Crippen LogP contribution in [0.1, 0.15) is 5.56 Å². The van der Waals surface area contributed by atoms with Crippen molar-refractivity contribution in [1.29, 1.82) is 0 Å². The van der Waals surface area contributed by atoms with E-state index in [1.165, 1.54) is 16.3 Å². The first-order valence-corrected chi connectivity index (χ1v) is 8.88. The quantitative estimate of drug-likeness (QED) is 0.496. The third kappa shape index (κ3) is 1.35. The van der Waals surface area contributed by atoms with Crippen molar-refractivity contribution in [1.82, 2.24) is 0 Å². The number of rotatable bonds is 0. The Labute approximate surface area is 98.5 Å². The molecule has 1 heterocycles. The second-order valence-corrected chi connectivity index (χ2v) is 9.98. The van der Waals surface area contributed by atoms with Crippen molar-refractivity contribution in [3.05, 3.63) is 47.7 Å². The van der Waals surface area contributed by atoms with Crippen LogP contribution in [-0.2, 0) is 0 Å². The van der Waals surface area contributed by atoms with Crippen LogP contribution in [0.25, 0.3) is 16.8 Å². The highest BCUT2D eigenvalue weighted by Crippen LogP contribution is 2.29. The molecule has 15 heavy (non-hydrogen) atoms. The largest absolute Gasteiger partial charge is 0.304 e. The molecule has 0 aliphatic carbocycles. The summed E-state index contributed by atoms with van der Waals surface area (Å²) in [6, 6.07) is 12.4. The minimum Gasteiger partial charge on any atom is -0.134 e. The summed E-state index contributed by atoms with van der Waals surface area (Å²) in [5, 5.41) is 3.55. The average molecular weight is 251 g/mol. The lowest BCUT2D eigenvalue weighted by Gasteiger charge is -2.20. The van der Waals surface area contributed by atoms with Gasteiger partial charge in [0.15, 0.2) is 0 Å². The maximum Gasteiger partial charge on any atom is 0.304 e. The topological polar surface area (TPSA) is 0 Å². The van der Waals surface area contributed by atoms with E-state index < -0.39 is 6.69 Å². The Morgan fingerprint density at radius 1 is 0.933 bits per heavy atom. The van der Waals surface area contributed by atoms with Crippen LogP contribution in [0.15, 0.2) is 42.1 Å². The summed E-state index contributed by atoms with van der Waals surface area (Å²) in [7, 11) is 0. The van der Waals surface area contributed by atoms with Gasteiger partial charge in [-0.05, 0) is 21.5 Å². The maximum absolute atomic E-state index is 6.39. The highest BCUT2D eigenvalue weighted by Gasteiger charge is 2.32. The molecule has 0 saturated carbocycles. The van der Waals surface area contributed by atoms with Crippen LogP contribution < -0.4 is 5.19 Å². The lowest BCUT2D eigenvalue weighted by atomic mass is 10.0. The van der Waals surface area contributed by atoms with Gasteiger partial charge in [0.1, 0.15) is 0 Å². The summed E-state index contributed by atoms with van der Waals surface area (Å²) in [5.41, 5.74) is 3.18. The second-order valence-electron chi connectivity index (χ2n) is 3.71. The molecule has 0 saturated heterocycles. The third-order valence-electron chi connectivity index (χ3n) is 2.77. The molecule has 0 fully saturated rings. The molecule has 2 aromatic rings. The van der Waals surface area contributed by atoms with E-state index in [4.69, 9.17) is 22.2 Å². The molecule has 0 aromatic heterocycles. The highest BCUT2D eigenvalue weighted by molar-refractivity contribution is 7.53. The van der Waals surface area contributed by atoms with Crippen LogP contribution in [0, 0.1) is 0 Å². The van der Waals surface area contributed by atoms with Crippen LogP contribution in [0.4, 0.5) is 0 Å². The number of benzene rings is 2. The SMILES string of the molecule is Cl[Si]1(Cl)C=Cc2cccc3cccc1c23. The maximum atomic E-state index is 6.39. The Morgan fingerprint density at radius 2 is 1.67 bits per heavy atom. The molecule has 0 N–H and O–H groups in total. The Balaban J connectivity index is 2.52. The summed E-state index contributed by atoms with van der Waals surface area (Å²) < 4.78 is 0. The molecule has 74 valence electrons. The Hall–Kier alpha value is -0.763. The zero-order valence-electron chi connectivity index (χ0n) is 7.87. The van der Waals surface area contributed by atoms with Gasteiger partial charge in [-0.2, -0.15) is 0 Å². The van der Waals surface area contributed by atoms with E-state index in [1.54, 1.807) is 0 Å². The molecule has 0 unspecified atom stereocenters. The molecular formula is C12H8Cl2Si. The average Bonchev–Trinajstić information content (AvgIpc) is 2.24. The third-order valence-corrected chi connectivity index (χ3v) is 6.47. The van der Waals surface area contributed by atoms with E-state index >= 15 is 0 Å². The Bertz CT molecular complexity index is 568. The van der Waals surface area contributed by atoms with Crippen molar-refractivity contribution >= 4 is 50.9 Å². The summed E-state index contributed by atoms with van der Waals surface area (Å²) in [4.78, 5) is 0. The number of hydrogen-bond acceptors (Lipinski definition) is 0. The molecule has 3 heteroatoms. The molecular weight excluding hydrogens is 243 g/mol. The van der Waals surface area contributed by atoms with Crippen molar-refractivity contribution < 1.29 is 0 Å². The zero-order chi connectivity index (χ0) is 10.5. The van der Waals surface area contributed by atoms with Gasteiger partial charge in [0.25, 0.3) is 0 Å². The lowest BCUT2D eigenvalue weighted by Crippen LogP contribution is -2.37. The van der Waals surface area contributed by atoms with Gasteiger partial charge in [-0.25, -0.2) is 0 Å². The predicted octanol–water partition coefficient (Wildman–Crippen LogP) is 3.53. The normalized spacial score (nSPS) is 16.9. The fraction of sp³-hybridized carbons (Fsp3) is 0. The van der Waals surface area contributed by atoms with Crippen molar-refractivity contribution in [3.8, 4) is 0 Å². The highest BCUT2D eigenvalue weighted by atomic mass is 35.7. The molecule has 0 spiro atoms. The first kappa shape index (κ1) is 9.46. The van der Waals surface area contributed by atoms with E-state index in [2.05, 4.69) is 24.3 Å². The van der Waals surface area contributed by atoms with Gasteiger partial charge in [-0.15, -0.1) is 22.2 Å². The molecule has 0 atom stereocenters. The summed E-state index contributed by atoms with van der Waals surface area (Å²) in [5.74, 6) is 0. The minimum atomic E-state index is -2.38. The predicted molar refractivity (Wildman–Crippen MR) is 70.1 cm³/mol. The van der Waals surface area contributed by atoms with Gasteiger partial charge in [0.05, 0.1) is 0 Å². The van der Waals surface area contributed by atoms with Gasteiger partial charge >= 0.3 is 6.69 Å². The summed E-state index contributed by atoms with van der Waals surface area (Å²) in [6.07, 6.45) is 2.04. The van der Waals surface area contributed by atoms with Gasteiger partial charge in [-0.3, -0.25) is 0 Å². The fourth-order valence-corrected chi connectivity index (χ4v) is 4.90. The first-order valence-electron chi connectivity index (χ1n) is 4.78. The van der Waals surface area contributed by atoms with Crippen molar-refractivity contribution in [2.75, 3.05) is 0 Å². The Morgan fingerprint density at radius 3 is 2.47 bits per heavy atom. The van der Waals surface area contributed by atoms with E-state index in [1.807, 2.05) is 23.9 Å². The monoisotopic (exact) mass is 250 g/mol. The summed E-state index contributed by atoms with van der Waals surface area (Å²) >= 11 is 12.8. The van der Waals surface area contributed by atoms with E-state index in [9.17, 15) is 0 Å². The van der Waals surface area contributed by atoms with E-state index in [-0.39, 0.29) is 0 Å². The molecule has 1 aliphatic heterocycles. The Kier molecular flexibility index (Phi) is 1.96. The lowest BCUT2D eigenvalue weighted by molar-refractivity contribution is 1.73. The van der Waals surface area contributed by atoms with Crippen LogP contribution in [0.3, 0.4) is 0 Å². The molecule has 1 aliphatic rings. The minimum absolute atomic E-state index is 1.11. The van der Waals surface area contributed by atoms with Crippen LogP contribution in [0.5, 0.6) is 0 Å². The molecule has 3 rings (SSSR count). The van der Waals surface area contributed by atoms with Crippen molar-refractivity contribution in [2.45, 2.75) is 0 Å². The van der Waals surface area contributed by atoms with Crippen LogP contribution in [0.2, 0.25) is 0 Å². The molecule has 0 amide bonds. The van der Waals surface area contributed by atoms with Crippen LogP contribution in [-0.4, -0.2) is 6.69 Å². The van der Waals surface area contributed by atoms with E-state index in [0.717, 1.165) is 5.19 Å². The summed E-state index contributed by atoms with van der Waals surface area (Å²) in [6.45, 7) is -2.38. The molecule has 0 radical (unpaired) electrons. The first-order chi connectivity index (χ1) is 7.18. The van der Waals surface area contributed by atoms with Crippen molar-refractivity contribution in [3.63, 3.8) is 0 Å². The standard InChI is InChI=1S/C12H8Cl2Si/c13-15(14)8-7-10-4-1-3-9-5-2-6-11(15)12(9)10/h1-8H. The van der Waals surface area contributed by atoms with Gasteiger partial charge < -0.3 is 0 Å². The van der Waals surface area contributed by atoms with Gasteiger partial charge in [-0.1, -0.05) is 48.2 Å². The molecule has 2 aromatic carbocycles. The van der Waals surface area contributed by atoms with Gasteiger partial charge in [0, 0.05) is 0 Å². The van der Waals surface area contributed by atoms with Crippen LogP contribution >= 0.6 is 22.2 Å². The van der Waals surface area contributed by atoms with Crippen molar-refractivity contribution in [2.24, 2.45) is 0 Å². The number of hydrogen-bond donors (Lipinski definition) is 0.